The van der Waals surface area contributed by atoms with Gasteiger partial charge in [0.05, 0.1) is 4.90 Å². The zero-order valence-electron chi connectivity index (χ0n) is 14.8. The number of benzene rings is 2. The first-order valence-electron chi connectivity index (χ1n) is 8.41. The summed E-state index contributed by atoms with van der Waals surface area (Å²) in [6.45, 7) is 4.79. The number of hydrogen-bond acceptors (Lipinski definition) is 3. The SMILES string of the molecule is Cc1ccc(S(=O)(=O)N2CCN(C(=O)c3ccc(F)cc3)CC2)c(C)c1. The van der Waals surface area contributed by atoms with Crippen LogP contribution < -0.4 is 0 Å². The summed E-state index contributed by atoms with van der Waals surface area (Å²) in [5.74, 6) is -0.612. The van der Waals surface area contributed by atoms with Gasteiger partial charge in [0.25, 0.3) is 5.91 Å². The van der Waals surface area contributed by atoms with E-state index in [1.165, 1.54) is 28.6 Å². The van der Waals surface area contributed by atoms with Gasteiger partial charge in [-0.3, -0.25) is 4.79 Å². The van der Waals surface area contributed by atoms with Crippen molar-refractivity contribution in [2.45, 2.75) is 18.7 Å². The summed E-state index contributed by atoms with van der Waals surface area (Å²) < 4.78 is 40.2. The third-order valence-electron chi connectivity index (χ3n) is 4.57. The van der Waals surface area contributed by atoms with Gasteiger partial charge in [-0.15, -0.1) is 0 Å². The molecule has 0 saturated carbocycles. The molecule has 0 unspecified atom stereocenters. The van der Waals surface area contributed by atoms with Gasteiger partial charge in [0.15, 0.2) is 0 Å². The number of piperazine rings is 1. The topological polar surface area (TPSA) is 57.7 Å². The fraction of sp³-hybridized carbons (Fsp3) is 0.316. The number of hydrogen-bond donors (Lipinski definition) is 0. The molecule has 0 spiro atoms. The van der Waals surface area contributed by atoms with E-state index in [1.807, 2.05) is 13.0 Å². The normalized spacial score (nSPS) is 15.9. The number of amides is 1. The molecule has 1 saturated heterocycles. The Balaban J connectivity index is 1.71. The second-order valence-electron chi connectivity index (χ2n) is 6.47. The van der Waals surface area contributed by atoms with Crippen LogP contribution in [0.15, 0.2) is 47.4 Å². The molecule has 1 amide bonds. The average Bonchev–Trinajstić information content (AvgIpc) is 2.61. The van der Waals surface area contributed by atoms with Crippen LogP contribution in [0.4, 0.5) is 4.39 Å². The fourth-order valence-electron chi connectivity index (χ4n) is 3.13. The quantitative estimate of drug-likeness (QED) is 0.827. The summed E-state index contributed by atoms with van der Waals surface area (Å²) in [5, 5.41) is 0. The number of halogens is 1. The van der Waals surface area contributed by atoms with Gasteiger partial charge in [0.1, 0.15) is 5.82 Å². The molecule has 2 aromatic rings. The predicted octanol–water partition coefficient (Wildman–Crippen LogP) is 2.59. The Morgan fingerprint density at radius 1 is 0.962 bits per heavy atom. The highest BCUT2D eigenvalue weighted by molar-refractivity contribution is 7.89. The summed E-state index contributed by atoms with van der Waals surface area (Å²) in [6.07, 6.45) is 0. The summed E-state index contributed by atoms with van der Waals surface area (Å²) >= 11 is 0. The first kappa shape index (κ1) is 18.5. The lowest BCUT2D eigenvalue weighted by molar-refractivity contribution is 0.0698. The van der Waals surface area contributed by atoms with Gasteiger partial charge in [-0.1, -0.05) is 17.7 Å². The van der Waals surface area contributed by atoms with Crippen molar-refractivity contribution in [3.05, 3.63) is 65.0 Å². The first-order chi connectivity index (χ1) is 12.3. The van der Waals surface area contributed by atoms with Crippen LogP contribution in [0.3, 0.4) is 0 Å². The molecule has 1 fully saturated rings. The van der Waals surface area contributed by atoms with Crippen molar-refractivity contribution in [2.24, 2.45) is 0 Å². The number of carbonyl (C=O) groups excluding carboxylic acids is 1. The fourth-order valence-corrected chi connectivity index (χ4v) is 4.76. The Morgan fingerprint density at radius 2 is 1.58 bits per heavy atom. The minimum atomic E-state index is -3.58. The lowest BCUT2D eigenvalue weighted by atomic mass is 10.2. The predicted molar refractivity (Wildman–Crippen MR) is 97.0 cm³/mol. The zero-order valence-corrected chi connectivity index (χ0v) is 15.6. The molecule has 0 bridgehead atoms. The third kappa shape index (κ3) is 3.64. The molecule has 0 N–H and O–H groups in total. The van der Waals surface area contributed by atoms with Crippen molar-refractivity contribution >= 4 is 15.9 Å². The molecule has 1 aliphatic rings. The maximum Gasteiger partial charge on any atom is 0.253 e. The van der Waals surface area contributed by atoms with Crippen molar-refractivity contribution in [3.63, 3.8) is 0 Å². The van der Waals surface area contributed by atoms with E-state index in [0.29, 0.717) is 23.5 Å². The second-order valence-corrected chi connectivity index (χ2v) is 8.38. The number of aryl methyl sites for hydroxylation is 2. The molecule has 138 valence electrons. The maximum atomic E-state index is 13.0. The highest BCUT2D eigenvalue weighted by atomic mass is 32.2. The number of carbonyl (C=O) groups is 1. The Hall–Kier alpha value is -2.25. The first-order valence-corrected chi connectivity index (χ1v) is 9.85. The standard InChI is InChI=1S/C19H21FN2O3S/c1-14-3-8-18(15(2)13-14)26(24,25)22-11-9-21(10-12-22)19(23)16-4-6-17(20)7-5-16/h3-8,13H,9-12H2,1-2H3. The Labute approximate surface area is 153 Å². The van der Waals surface area contributed by atoms with E-state index in [2.05, 4.69) is 0 Å². The second kappa shape index (κ2) is 7.17. The highest BCUT2D eigenvalue weighted by Gasteiger charge is 2.31. The largest absolute Gasteiger partial charge is 0.336 e. The molecular formula is C19H21FN2O3S. The maximum absolute atomic E-state index is 13.0. The van der Waals surface area contributed by atoms with Gasteiger partial charge >= 0.3 is 0 Å². The van der Waals surface area contributed by atoms with Crippen LogP contribution in [0.1, 0.15) is 21.5 Å². The molecule has 1 heterocycles. The van der Waals surface area contributed by atoms with Crippen molar-refractivity contribution in [3.8, 4) is 0 Å². The van der Waals surface area contributed by atoms with Crippen LogP contribution >= 0.6 is 0 Å². The van der Waals surface area contributed by atoms with Crippen LogP contribution in [-0.4, -0.2) is 49.7 Å². The molecular weight excluding hydrogens is 355 g/mol. The molecule has 5 nitrogen and oxygen atoms in total. The molecule has 26 heavy (non-hydrogen) atoms. The molecule has 7 heteroatoms. The lowest BCUT2D eigenvalue weighted by Crippen LogP contribution is -2.50. The van der Waals surface area contributed by atoms with E-state index < -0.39 is 15.8 Å². The van der Waals surface area contributed by atoms with E-state index in [0.717, 1.165) is 11.1 Å². The Morgan fingerprint density at radius 3 is 2.15 bits per heavy atom. The van der Waals surface area contributed by atoms with Crippen molar-refractivity contribution < 1.29 is 17.6 Å². The van der Waals surface area contributed by atoms with Gasteiger partial charge in [0.2, 0.25) is 10.0 Å². The number of sulfonamides is 1. The van der Waals surface area contributed by atoms with Crippen molar-refractivity contribution in [1.82, 2.24) is 9.21 Å². The lowest BCUT2D eigenvalue weighted by Gasteiger charge is -2.34. The summed E-state index contributed by atoms with van der Waals surface area (Å²) in [5.41, 5.74) is 2.13. The van der Waals surface area contributed by atoms with Gasteiger partial charge in [0, 0.05) is 31.7 Å². The summed E-state index contributed by atoms with van der Waals surface area (Å²) in [6, 6.07) is 10.6. The van der Waals surface area contributed by atoms with Gasteiger partial charge in [-0.2, -0.15) is 4.31 Å². The van der Waals surface area contributed by atoms with Crippen molar-refractivity contribution in [2.75, 3.05) is 26.2 Å². The molecule has 0 aliphatic carbocycles. The molecule has 0 aromatic heterocycles. The van der Waals surface area contributed by atoms with Gasteiger partial charge in [-0.25, -0.2) is 12.8 Å². The highest BCUT2D eigenvalue weighted by Crippen LogP contribution is 2.22. The summed E-state index contributed by atoms with van der Waals surface area (Å²) in [4.78, 5) is 14.4. The minimum absolute atomic E-state index is 0.214. The van der Waals surface area contributed by atoms with Crippen LogP contribution in [-0.2, 0) is 10.0 Å². The molecule has 0 radical (unpaired) electrons. The minimum Gasteiger partial charge on any atom is -0.336 e. The van der Waals surface area contributed by atoms with Crippen molar-refractivity contribution in [1.29, 1.82) is 0 Å². The zero-order chi connectivity index (χ0) is 18.9. The Bertz CT molecular complexity index is 918. The van der Waals surface area contributed by atoms with Crippen LogP contribution in [0, 0.1) is 19.7 Å². The van der Waals surface area contributed by atoms with Crippen LogP contribution in [0.5, 0.6) is 0 Å². The van der Waals surface area contributed by atoms with Gasteiger partial charge < -0.3 is 4.90 Å². The van der Waals surface area contributed by atoms with E-state index >= 15 is 0 Å². The smallest absolute Gasteiger partial charge is 0.253 e. The Kier molecular flexibility index (Phi) is 5.11. The molecule has 2 aromatic carbocycles. The monoisotopic (exact) mass is 376 g/mol. The average molecular weight is 376 g/mol. The van der Waals surface area contributed by atoms with E-state index in [4.69, 9.17) is 0 Å². The van der Waals surface area contributed by atoms with E-state index in [1.54, 1.807) is 24.0 Å². The van der Waals surface area contributed by atoms with Crippen LogP contribution in [0.2, 0.25) is 0 Å². The van der Waals surface area contributed by atoms with E-state index in [-0.39, 0.29) is 19.0 Å². The number of nitrogens with zero attached hydrogens (tertiary/aromatic N) is 2. The van der Waals surface area contributed by atoms with Gasteiger partial charge in [-0.05, 0) is 49.7 Å². The molecule has 3 rings (SSSR count). The third-order valence-corrected chi connectivity index (χ3v) is 6.62. The molecule has 0 atom stereocenters. The van der Waals surface area contributed by atoms with Crippen LogP contribution in [0.25, 0.3) is 0 Å². The number of rotatable bonds is 3. The van der Waals surface area contributed by atoms with E-state index in [9.17, 15) is 17.6 Å². The molecule has 1 aliphatic heterocycles. The summed E-state index contributed by atoms with van der Waals surface area (Å²) in [7, 11) is -3.58.